The van der Waals surface area contributed by atoms with E-state index in [4.69, 9.17) is 4.42 Å². The molecule has 3 unspecified atom stereocenters. The van der Waals surface area contributed by atoms with Crippen molar-refractivity contribution in [2.24, 2.45) is 0 Å². The molecule has 4 nitrogen and oxygen atoms in total. The van der Waals surface area contributed by atoms with Crippen molar-refractivity contribution in [3.05, 3.63) is 46.9 Å². The van der Waals surface area contributed by atoms with E-state index in [1.54, 1.807) is 6.92 Å². The molecule has 0 saturated heterocycles. The summed E-state index contributed by atoms with van der Waals surface area (Å²) in [6.45, 7) is 0.151. The molecule has 0 saturated carbocycles. The highest BCUT2D eigenvalue weighted by molar-refractivity contribution is 5.28. The maximum absolute atomic E-state index is 13.8. The van der Waals surface area contributed by atoms with Crippen molar-refractivity contribution in [3.63, 3.8) is 0 Å². The summed E-state index contributed by atoms with van der Waals surface area (Å²) in [5.74, 6) is -0.262. The van der Waals surface area contributed by atoms with E-state index >= 15 is 0 Å². The quantitative estimate of drug-likeness (QED) is 0.792. The molecule has 1 aromatic heterocycles. The highest BCUT2D eigenvalue weighted by atomic mass is 19.2. The maximum Gasteiger partial charge on any atom is 0.219 e. The van der Waals surface area contributed by atoms with Crippen molar-refractivity contribution in [3.8, 4) is 0 Å². The zero-order chi connectivity index (χ0) is 17.0. The second-order valence-corrected chi connectivity index (χ2v) is 5.18. The summed E-state index contributed by atoms with van der Waals surface area (Å²) in [4.78, 5) is 0. The molecule has 23 heavy (non-hydrogen) atoms. The summed E-state index contributed by atoms with van der Waals surface area (Å²) in [5.41, 5.74) is 0.159. The van der Waals surface area contributed by atoms with Gasteiger partial charge in [-0.25, -0.2) is 17.6 Å². The van der Waals surface area contributed by atoms with Gasteiger partial charge >= 0.3 is 0 Å². The number of nitrogens with zero attached hydrogens (tertiary/aromatic N) is 2. The summed E-state index contributed by atoms with van der Waals surface area (Å²) < 4.78 is 57.5. The lowest BCUT2D eigenvalue weighted by molar-refractivity contribution is 0.137. The van der Waals surface area contributed by atoms with Crippen LogP contribution in [0.2, 0.25) is 0 Å². The molecule has 0 amide bonds. The number of aliphatic hydroxyl groups is 1. The second kappa shape index (κ2) is 7.54. The minimum absolute atomic E-state index is 0.0961. The van der Waals surface area contributed by atoms with Crippen LogP contribution in [0.15, 0.2) is 22.6 Å². The van der Waals surface area contributed by atoms with Gasteiger partial charge in [0.2, 0.25) is 11.8 Å². The maximum atomic E-state index is 13.8. The van der Waals surface area contributed by atoms with Crippen molar-refractivity contribution in [2.75, 3.05) is 6.67 Å². The van der Waals surface area contributed by atoms with Crippen LogP contribution < -0.4 is 0 Å². The van der Waals surface area contributed by atoms with Crippen LogP contribution in [0.25, 0.3) is 0 Å². The number of benzene rings is 1. The number of hydrogen-bond acceptors (Lipinski definition) is 4. The lowest BCUT2D eigenvalue weighted by Gasteiger charge is -2.14. The van der Waals surface area contributed by atoms with E-state index in [2.05, 4.69) is 10.2 Å². The average molecular weight is 332 g/mol. The Kier molecular flexibility index (Phi) is 5.70. The van der Waals surface area contributed by atoms with Crippen LogP contribution in [0.4, 0.5) is 17.6 Å². The monoisotopic (exact) mass is 332 g/mol. The molecule has 8 heteroatoms. The molecule has 0 aliphatic heterocycles. The van der Waals surface area contributed by atoms with Gasteiger partial charge in [0.05, 0.1) is 12.5 Å². The Balaban J connectivity index is 2.13. The fourth-order valence-electron chi connectivity index (χ4n) is 2.12. The summed E-state index contributed by atoms with van der Waals surface area (Å²) in [7, 11) is 0. The second-order valence-electron chi connectivity index (χ2n) is 5.18. The number of aromatic nitrogens is 2. The van der Waals surface area contributed by atoms with E-state index in [0.29, 0.717) is 5.89 Å². The molecule has 2 aromatic rings. The number of alkyl halides is 3. The molecule has 0 fully saturated rings. The Hall–Kier alpha value is -1.96. The van der Waals surface area contributed by atoms with Gasteiger partial charge in [0, 0.05) is 18.9 Å². The van der Waals surface area contributed by atoms with E-state index in [0.717, 1.165) is 6.07 Å². The predicted molar refractivity (Wildman–Crippen MR) is 73.6 cm³/mol. The first kappa shape index (κ1) is 17.4. The van der Waals surface area contributed by atoms with Crippen molar-refractivity contribution in [1.29, 1.82) is 0 Å². The number of hydrogen-bond donors (Lipinski definition) is 1. The van der Waals surface area contributed by atoms with E-state index in [-0.39, 0.29) is 23.4 Å². The summed E-state index contributed by atoms with van der Waals surface area (Å²) in [6, 6.07) is 3.53. The molecule has 0 aliphatic carbocycles. The van der Waals surface area contributed by atoms with Crippen LogP contribution in [-0.2, 0) is 12.8 Å². The topological polar surface area (TPSA) is 59.2 Å². The molecule has 1 N–H and O–H groups in total. The van der Waals surface area contributed by atoms with Gasteiger partial charge in [0.1, 0.15) is 18.7 Å². The lowest BCUT2D eigenvalue weighted by atomic mass is 9.99. The molecule has 1 heterocycles. The van der Waals surface area contributed by atoms with E-state index < -0.39 is 37.4 Å². The van der Waals surface area contributed by atoms with Crippen LogP contribution in [0.5, 0.6) is 0 Å². The summed E-state index contributed by atoms with van der Waals surface area (Å²) in [5, 5.41) is 17.4. The predicted octanol–water partition coefficient (Wildman–Crippen LogP) is 2.98. The third kappa shape index (κ3) is 4.51. The van der Waals surface area contributed by atoms with Crippen molar-refractivity contribution in [2.45, 2.75) is 38.2 Å². The molecular formula is C15H16F4N2O2. The van der Waals surface area contributed by atoms with Gasteiger partial charge in [0.15, 0.2) is 6.17 Å². The van der Waals surface area contributed by atoms with Crippen molar-refractivity contribution in [1.82, 2.24) is 10.2 Å². The first-order valence-electron chi connectivity index (χ1n) is 7.00. The van der Waals surface area contributed by atoms with E-state index in [1.165, 1.54) is 12.1 Å². The van der Waals surface area contributed by atoms with Gasteiger partial charge in [-0.1, -0.05) is 12.1 Å². The number of aliphatic hydroxyl groups excluding tert-OH is 1. The number of aryl methyl sites for hydroxylation is 1. The Morgan fingerprint density at radius 1 is 1.17 bits per heavy atom. The van der Waals surface area contributed by atoms with Crippen molar-refractivity contribution < 1.29 is 27.1 Å². The molecule has 0 radical (unpaired) electrons. The largest absolute Gasteiger partial charge is 0.425 e. The van der Waals surface area contributed by atoms with Gasteiger partial charge in [-0.2, -0.15) is 0 Å². The smallest absolute Gasteiger partial charge is 0.219 e. The first-order chi connectivity index (χ1) is 10.9. The minimum atomic E-state index is -2.23. The van der Waals surface area contributed by atoms with Crippen LogP contribution in [0.1, 0.15) is 29.0 Å². The Morgan fingerprint density at radius 3 is 2.52 bits per heavy atom. The fraction of sp³-hybridized carbons (Fsp3) is 0.467. The zero-order valence-corrected chi connectivity index (χ0v) is 12.3. The molecule has 0 bridgehead atoms. The number of rotatable bonds is 7. The Morgan fingerprint density at radius 2 is 1.91 bits per heavy atom. The molecular weight excluding hydrogens is 316 g/mol. The zero-order valence-electron chi connectivity index (χ0n) is 12.3. The van der Waals surface area contributed by atoms with E-state index in [1.807, 2.05) is 0 Å². The molecule has 126 valence electrons. The third-order valence-corrected chi connectivity index (χ3v) is 3.33. The van der Waals surface area contributed by atoms with Gasteiger partial charge < -0.3 is 9.52 Å². The molecule has 3 atom stereocenters. The summed E-state index contributed by atoms with van der Waals surface area (Å²) >= 11 is 0. The highest BCUT2D eigenvalue weighted by Crippen LogP contribution is 2.23. The van der Waals surface area contributed by atoms with Crippen LogP contribution >= 0.6 is 0 Å². The Bertz CT molecular complexity index is 650. The fourth-order valence-corrected chi connectivity index (χ4v) is 2.12. The van der Waals surface area contributed by atoms with Gasteiger partial charge in [0.25, 0.3) is 0 Å². The normalized spacial score (nSPS) is 15.4. The van der Waals surface area contributed by atoms with Crippen LogP contribution in [0.3, 0.4) is 0 Å². The SMILES string of the molecule is Cc1nnc(CC(O)c2cc(CC(F)C(F)CF)ccc2F)o1. The average Bonchev–Trinajstić information content (AvgIpc) is 2.93. The first-order valence-corrected chi connectivity index (χ1v) is 7.00. The van der Waals surface area contributed by atoms with Gasteiger partial charge in [-0.15, -0.1) is 10.2 Å². The lowest BCUT2D eigenvalue weighted by Crippen LogP contribution is -2.21. The number of halogens is 4. The standard InChI is InChI=1S/C15H16F4N2O2/c1-8-20-21-15(23-8)6-14(22)10-4-9(2-3-11(10)17)5-12(18)13(19)7-16/h2-4,12-14,22H,5-7H2,1H3. The molecule has 0 aliphatic rings. The van der Waals surface area contributed by atoms with Gasteiger partial charge in [-0.3, -0.25) is 0 Å². The van der Waals surface area contributed by atoms with Crippen LogP contribution in [-0.4, -0.2) is 34.3 Å². The third-order valence-electron chi connectivity index (χ3n) is 3.33. The highest BCUT2D eigenvalue weighted by Gasteiger charge is 2.22. The summed E-state index contributed by atoms with van der Waals surface area (Å²) in [6.07, 6.45) is -6.07. The molecule has 0 spiro atoms. The molecule has 2 rings (SSSR count). The minimum Gasteiger partial charge on any atom is -0.425 e. The molecule has 1 aromatic carbocycles. The Labute approximate surface area is 130 Å². The van der Waals surface area contributed by atoms with E-state index in [9.17, 15) is 22.7 Å². The van der Waals surface area contributed by atoms with Crippen LogP contribution in [0, 0.1) is 12.7 Å². The van der Waals surface area contributed by atoms with Gasteiger partial charge in [-0.05, 0) is 11.6 Å². The van der Waals surface area contributed by atoms with Crippen molar-refractivity contribution >= 4 is 0 Å².